The van der Waals surface area contributed by atoms with Crippen molar-refractivity contribution in [3.05, 3.63) is 60.2 Å². The molecular formula is C13H11O2PS. The monoisotopic (exact) mass is 262 g/mol. The summed E-state index contributed by atoms with van der Waals surface area (Å²) in [6, 6.07) is 17.7. The van der Waals surface area contributed by atoms with E-state index in [1.54, 1.807) is 0 Å². The fourth-order valence-corrected chi connectivity index (χ4v) is 4.12. The van der Waals surface area contributed by atoms with E-state index in [-0.39, 0.29) is 0 Å². The molecule has 2 nitrogen and oxygen atoms in total. The van der Waals surface area contributed by atoms with E-state index in [2.05, 4.69) is 0 Å². The molecular weight excluding hydrogens is 251 g/mol. The highest BCUT2D eigenvalue weighted by Gasteiger charge is 2.28. The van der Waals surface area contributed by atoms with Crippen LogP contribution in [0.3, 0.4) is 0 Å². The van der Waals surface area contributed by atoms with E-state index in [0.717, 1.165) is 16.6 Å². The van der Waals surface area contributed by atoms with Crippen LogP contribution in [0.4, 0.5) is 0 Å². The Morgan fingerprint density at radius 1 is 0.941 bits per heavy atom. The van der Waals surface area contributed by atoms with Crippen molar-refractivity contribution in [2.45, 2.75) is 6.61 Å². The SMILES string of the molecule is S=P1(c2ccccc2)OCc2ccccc2O1. The van der Waals surface area contributed by atoms with Gasteiger partial charge in [-0.05, 0) is 30.0 Å². The van der Waals surface area contributed by atoms with Crippen LogP contribution in [0.1, 0.15) is 5.56 Å². The van der Waals surface area contributed by atoms with Gasteiger partial charge in [0.1, 0.15) is 5.75 Å². The predicted molar refractivity (Wildman–Crippen MR) is 72.2 cm³/mol. The number of benzene rings is 2. The Morgan fingerprint density at radius 2 is 1.65 bits per heavy atom. The first-order valence-electron chi connectivity index (χ1n) is 5.36. The van der Waals surface area contributed by atoms with Gasteiger partial charge in [-0.2, -0.15) is 0 Å². The molecule has 1 aliphatic rings. The third-order valence-electron chi connectivity index (χ3n) is 2.65. The van der Waals surface area contributed by atoms with Gasteiger partial charge in [-0.1, -0.05) is 36.4 Å². The summed E-state index contributed by atoms with van der Waals surface area (Å²) in [7, 11) is 0. The van der Waals surface area contributed by atoms with Crippen molar-refractivity contribution in [2.75, 3.05) is 0 Å². The van der Waals surface area contributed by atoms with Gasteiger partial charge < -0.3 is 9.05 Å². The van der Waals surface area contributed by atoms with Crippen LogP contribution in [0.25, 0.3) is 0 Å². The number of rotatable bonds is 1. The Bertz CT molecular complexity index is 583. The quantitative estimate of drug-likeness (QED) is 0.735. The zero-order valence-corrected chi connectivity index (χ0v) is 10.8. The van der Waals surface area contributed by atoms with Crippen molar-refractivity contribution in [1.29, 1.82) is 0 Å². The molecule has 1 unspecified atom stereocenters. The first kappa shape index (κ1) is 11.0. The molecule has 3 rings (SSSR count). The third-order valence-corrected chi connectivity index (χ3v) is 5.66. The van der Waals surface area contributed by atoms with Crippen molar-refractivity contribution in [1.82, 2.24) is 0 Å². The van der Waals surface area contributed by atoms with E-state index in [4.69, 9.17) is 20.9 Å². The summed E-state index contributed by atoms with van der Waals surface area (Å²) in [5, 5.41) is 0.963. The molecule has 0 radical (unpaired) electrons. The van der Waals surface area contributed by atoms with Crippen LogP contribution in [-0.2, 0) is 22.9 Å². The molecule has 1 heterocycles. The molecule has 0 aliphatic carbocycles. The van der Waals surface area contributed by atoms with E-state index in [9.17, 15) is 0 Å². The van der Waals surface area contributed by atoms with Gasteiger partial charge in [0.05, 0.1) is 6.61 Å². The fraction of sp³-hybridized carbons (Fsp3) is 0.0769. The largest absolute Gasteiger partial charge is 0.440 e. The lowest BCUT2D eigenvalue weighted by molar-refractivity contribution is 0.282. The summed E-state index contributed by atoms with van der Waals surface area (Å²) in [6.07, 6.45) is 0. The Morgan fingerprint density at radius 3 is 2.47 bits per heavy atom. The average molecular weight is 262 g/mol. The molecule has 0 saturated carbocycles. The van der Waals surface area contributed by atoms with Gasteiger partial charge in [-0.25, -0.2) is 0 Å². The van der Waals surface area contributed by atoms with Crippen LogP contribution in [-0.4, -0.2) is 0 Å². The normalized spacial score (nSPS) is 22.6. The minimum Gasteiger partial charge on any atom is -0.440 e. The molecule has 0 spiro atoms. The number of hydrogen-bond acceptors (Lipinski definition) is 3. The second kappa shape index (κ2) is 4.26. The lowest BCUT2D eigenvalue weighted by Crippen LogP contribution is -2.16. The highest BCUT2D eigenvalue weighted by Crippen LogP contribution is 2.52. The summed E-state index contributed by atoms with van der Waals surface area (Å²) in [4.78, 5) is 0. The maximum atomic E-state index is 5.91. The summed E-state index contributed by atoms with van der Waals surface area (Å²) in [6.45, 7) is -1.83. The molecule has 0 N–H and O–H groups in total. The van der Waals surface area contributed by atoms with Gasteiger partial charge in [0.2, 0.25) is 0 Å². The molecule has 0 amide bonds. The summed E-state index contributed by atoms with van der Waals surface area (Å²) in [5.74, 6) is 0.853. The molecule has 0 bridgehead atoms. The summed E-state index contributed by atoms with van der Waals surface area (Å²) >= 11 is 5.56. The van der Waals surface area contributed by atoms with Crippen molar-refractivity contribution in [2.24, 2.45) is 0 Å². The summed E-state index contributed by atoms with van der Waals surface area (Å²) < 4.78 is 11.7. The third kappa shape index (κ3) is 2.02. The number of hydrogen-bond donors (Lipinski definition) is 0. The van der Waals surface area contributed by atoms with Crippen molar-refractivity contribution in [3.8, 4) is 5.75 Å². The number of fused-ring (bicyclic) bond motifs is 1. The second-order valence-electron chi connectivity index (χ2n) is 3.81. The molecule has 1 aliphatic heterocycles. The lowest BCUT2D eigenvalue weighted by Gasteiger charge is -2.29. The van der Waals surface area contributed by atoms with Gasteiger partial charge in [0.15, 0.2) is 0 Å². The van der Waals surface area contributed by atoms with E-state index in [0.29, 0.717) is 6.61 Å². The van der Waals surface area contributed by atoms with Gasteiger partial charge >= 0.3 is 0 Å². The molecule has 86 valence electrons. The van der Waals surface area contributed by atoms with E-state index >= 15 is 0 Å². The van der Waals surface area contributed by atoms with Crippen LogP contribution in [0.2, 0.25) is 0 Å². The zero-order valence-electron chi connectivity index (χ0n) is 9.08. The number of para-hydroxylation sites is 1. The lowest BCUT2D eigenvalue weighted by atomic mass is 10.2. The maximum absolute atomic E-state index is 5.91. The maximum Gasteiger partial charge on any atom is 0.269 e. The van der Waals surface area contributed by atoms with Crippen LogP contribution in [0, 0.1) is 0 Å². The molecule has 0 fully saturated rings. The minimum atomic E-state index is -2.36. The van der Waals surface area contributed by atoms with Crippen molar-refractivity contribution < 1.29 is 9.05 Å². The second-order valence-corrected chi connectivity index (χ2v) is 7.20. The fourth-order valence-electron chi connectivity index (χ4n) is 1.76. The molecule has 2 aromatic carbocycles. The summed E-state index contributed by atoms with van der Waals surface area (Å²) in [5.41, 5.74) is 1.06. The molecule has 0 aromatic heterocycles. The smallest absolute Gasteiger partial charge is 0.269 e. The predicted octanol–water partition coefficient (Wildman–Crippen LogP) is 3.23. The van der Waals surface area contributed by atoms with Crippen molar-refractivity contribution >= 4 is 23.6 Å². The van der Waals surface area contributed by atoms with Gasteiger partial charge in [0, 0.05) is 10.9 Å². The highest BCUT2D eigenvalue weighted by molar-refractivity contribution is 8.13. The van der Waals surface area contributed by atoms with E-state index in [1.165, 1.54) is 0 Å². The Labute approximate surface area is 105 Å². The first-order chi connectivity index (χ1) is 8.28. The van der Waals surface area contributed by atoms with Crippen LogP contribution >= 0.6 is 6.49 Å². The molecule has 0 saturated heterocycles. The standard InChI is InChI=1S/C13H11O2PS/c17-16(12-7-2-1-3-8-12)14-10-11-6-4-5-9-13(11)15-16/h1-9H,10H2. The molecule has 4 heteroatoms. The van der Waals surface area contributed by atoms with Crippen LogP contribution in [0.5, 0.6) is 5.75 Å². The Kier molecular flexibility index (Phi) is 2.75. The average Bonchev–Trinajstić information content (AvgIpc) is 2.40. The van der Waals surface area contributed by atoms with Gasteiger partial charge in [-0.3, -0.25) is 0 Å². The van der Waals surface area contributed by atoms with Crippen LogP contribution in [0.15, 0.2) is 54.6 Å². The minimum absolute atomic E-state index is 0.530. The Balaban J connectivity index is 2.01. The van der Waals surface area contributed by atoms with Gasteiger partial charge in [-0.15, -0.1) is 0 Å². The van der Waals surface area contributed by atoms with Crippen molar-refractivity contribution in [3.63, 3.8) is 0 Å². The molecule has 1 atom stereocenters. The first-order valence-corrected chi connectivity index (χ1v) is 7.99. The van der Waals surface area contributed by atoms with E-state index < -0.39 is 6.49 Å². The topological polar surface area (TPSA) is 18.5 Å². The molecule has 17 heavy (non-hydrogen) atoms. The molecule has 2 aromatic rings. The highest BCUT2D eigenvalue weighted by atomic mass is 32.5. The Hall–Kier alpha value is -1.15. The zero-order chi connectivity index (χ0) is 11.7. The van der Waals surface area contributed by atoms with Crippen LogP contribution < -0.4 is 9.83 Å². The van der Waals surface area contributed by atoms with E-state index in [1.807, 2.05) is 54.6 Å². The van der Waals surface area contributed by atoms with Gasteiger partial charge in [0.25, 0.3) is 6.49 Å².